The van der Waals surface area contributed by atoms with Crippen LogP contribution in [0.15, 0.2) is 60.7 Å². The third-order valence-corrected chi connectivity index (χ3v) is 15.9. The first-order valence-electron chi connectivity index (χ1n) is 23.7. The standard InChI is InChI=1S/C47H66N7O13PS/c1-3-30(2)42(51-38(56)23-11-6-14-26-48-37(55)22-13-12-21-36-43-34(29-69-36)50-47(64)53-43)45(62)49-33(24-25-40(57)58)46(63)54-27-15-20-35(54)44(61)52-39(28-41(59)60)68(65,66-31-16-7-4-8-17-31)67-32-18-9-5-10-19-32/h4-5,7-10,16-19,30,33-36,39,42-43H,3,6,11-15,20-29H2,1-2H3,(H,48,55)(H,49,62)(H,51,56)(H,52,61)(H,57,58)(H,59,60)(H2,50,53,64)/t30?,33-,34-,35-,36-,39+,42-,43-/m0/s1. The summed E-state index contributed by atoms with van der Waals surface area (Å²) in [6.07, 6.45) is 4.01. The van der Waals surface area contributed by atoms with Crippen molar-refractivity contribution in [2.24, 2.45) is 5.92 Å². The molecule has 0 spiro atoms. The lowest BCUT2D eigenvalue weighted by atomic mass is 9.97. The molecule has 1 unspecified atom stereocenters. The molecule has 3 heterocycles. The number of hydrogen-bond donors (Lipinski definition) is 8. The van der Waals surface area contributed by atoms with Gasteiger partial charge in [-0.3, -0.25) is 33.6 Å². The minimum atomic E-state index is -4.58. The number of para-hydroxylation sites is 2. The molecule has 3 fully saturated rings. The van der Waals surface area contributed by atoms with E-state index in [9.17, 15) is 53.1 Å². The number of rotatable bonds is 29. The van der Waals surface area contributed by atoms with Gasteiger partial charge in [0.15, 0.2) is 5.78 Å². The average molecular weight is 1000 g/mol. The lowest BCUT2D eigenvalue weighted by molar-refractivity contribution is -0.143. The first kappa shape index (κ1) is 54.1. The number of likely N-dealkylation sites (tertiary alicyclic amines) is 1. The largest absolute Gasteiger partial charge is 0.481 e. The molecule has 20 nitrogen and oxygen atoms in total. The molecule has 0 bridgehead atoms. The first-order chi connectivity index (χ1) is 33.1. The van der Waals surface area contributed by atoms with Gasteiger partial charge in [0.2, 0.25) is 29.5 Å². The van der Waals surface area contributed by atoms with Gasteiger partial charge in [0.25, 0.3) is 0 Å². The molecule has 8 atom stereocenters. The molecular weight excluding hydrogens is 934 g/mol. The van der Waals surface area contributed by atoms with Crippen LogP contribution in [0.4, 0.5) is 4.79 Å². The Bertz CT molecular complexity index is 2090. The van der Waals surface area contributed by atoms with E-state index in [1.54, 1.807) is 43.3 Å². The third kappa shape index (κ3) is 16.7. The van der Waals surface area contributed by atoms with E-state index in [2.05, 4.69) is 31.9 Å². The maximum atomic E-state index is 14.6. The topological polar surface area (TPSA) is 288 Å². The molecule has 7 amide bonds. The number of nitrogens with zero attached hydrogens (tertiary/aromatic N) is 1. The van der Waals surface area contributed by atoms with Crippen molar-refractivity contribution in [3.8, 4) is 11.5 Å². The van der Waals surface area contributed by atoms with E-state index in [-0.39, 0.29) is 61.3 Å². The SMILES string of the molecule is CCC(C)[C@H](NC(=O)CCCCCNC(=O)CCCC[C@@H]1SC[C@@H]2NC(=O)N[C@@H]21)C(=O)N[C@@H](CCC(=O)O)C(=O)N1CCC[C@H]1C(=O)N[C@@H](CC(=O)O)P(=O)(Oc1ccccc1)Oc1ccccc1. The number of amides is 7. The highest BCUT2D eigenvalue weighted by molar-refractivity contribution is 8.00. The second-order valence-electron chi connectivity index (χ2n) is 17.6. The summed E-state index contributed by atoms with van der Waals surface area (Å²) in [7, 11) is -4.58. The number of aliphatic carboxylic acids is 2. The summed E-state index contributed by atoms with van der Waals surface area (Å²) < 4.78 is 26.2. The Morgan fingerprint density at radius 3 is 2.12 bits per heavy atom. The molecule has 2 aromatic rings. The Morgan fingerprint density at radius 2 is 1.48 bits per heavy atom. The molecule has 22 heteroatoms. The predicted molar refractivity (Wildman–Crippen MR) is 256 cm³/mol. The second-order valence-corrected chi connectivity index (χ2v) is 21.0. The van der Waals surface area contributed by atoms with Crippen LogP contribution in [0.3, 0.4) is 0 Å². The summed E-state index contributed by atoms with van der Waals surface area (Å²) in [5.74, 6) is -6.51. The van der Waals surface area contributed by atoms with Crippen LogP contribution < -0.4 is 40.9 Å². The smallest absolute Gasteiger partial charge is 0.453 e. The molecule has 2 aromatic carbocycles. The molecule has 0 saturated carbocycles. The van der Waals surface area contributed by atoms with E-state index in [1.165, 1.54) is 29.2 Å². The number of hydrogen-bond acceptors (Lipinski definition) is 12. The zero-order valence-electron chi connectivity index (χ0n) is 39.1. The van der Waals surface area contributed by atoms with Crippen LogP contribution in [-0.4, -0.2) is 123 Å². The number of carboxylic acid groups (broad SMARTS) is 2. The van der Waals surface area contributed by atoms with Gasteiger partial charge in [0, 0.05) is 43.4 Å². The number of benzene rings is 2. The number of unbranched alkanes of at least 4 members (excludes halogenated alkanes) is 3. The molecular formula is C47H66N7O13PS. The van der Waals surface area contributed by atoms with Gasteiger partial charge in [-0.1, -0.05) is 69.5 Å². The monoisotopic (exact) mass is 999 g/mol. The number of fused-ring (bicyclic) bond motifs is 1. The molecule has 0 aromatic heterocycles. The van der Waals surface area contributed by atoms with Gasteiger partial charge >= 0.3 is 25.6 Å². The second kappa shape index (κ2) is 26.8. The number of carbonyl (C=O) groups is 8. The minimum absolute atomic E-state index is 0.0371. The molecule has 0 radical (unpaired) electrons. The molecule has 5 rings (SSSR count). The van der Waals surface area contributed by atoms with Crippen LogP contribution >= 0.6 is 19.4 Å². The number of thioether (sulfide) groups is 1. The van der Waals surface area contributed by atoms with Crippen molar-refractivity contribution in [3.63, 3.8) is 0 Å². The lowest BCUT2D eigenvalue weighted by Gasteiger charge is -2.32. The van der Waals surface area contributed by atoms with Crippen molar-refractivity contribution in [3.05, 3.63) is 60.7 Å². The average Bonchev–Trinajstić information content (AvgIpc) is 4.06. The zero-order chi connectivity index (χ0) is 49.9. The van der Waals surface area contributed by atoms with E-state index >= 15 is 0 Å². The number of urea groups is 1. The lowest BCUT2D eigenvalue weighted by Crippen LogP contribution is -2.58. The fourth-order valence-electron chi connectivity index (χ4n) is 8.49. The number of nitrogens with one attached hydrogen (secondary N) is 6. The van der Waals surface area contributed by atoms with E-state index in [4.69, 9.17) is 9.05 Å². The molecule has 8 N–H and O–H groups in total. The summed E-state index contributed by atoms with van der Waals surface area (Å²) in [6, 6.07) is 12.2. The number of carbonyl (C=O) groups excluding carboxylic acids is 6. The number of carboxylic acids is 2. The normalized spacial score (nSPS) is 20.2. The third-order valence-electron chi connectivity index (χ3n) is 12.4. The highest BCUT2D eigenvalue weighted by Crippen LogP contribution is 2.53. The van der Waals surface area contributed by atoms with Gasteiger partial charge in [-0.15, -0.1) is 0 Å². The molecule has 3 aliphatic rings. The van der Waals surface area contributed by atoms with Crippen LogP contribution in [0.5, 0.6) is 11.5 Å². The Labute approximate surface area is 406 Å². The minimum Gasteiger partial charge on any atom is -0.481 e. The summed E-state index contributed by atoms with van der Waals surface area (Å²) in [4.78, 5) is 105. The Kier molecular flexibility index (Phi) is 21.0. The van der Waals surface area contributed by atoms with E-state index in [1.807, 2.05) is 18.7 Å². The fraction of sp³-hybridized carbons (Fsp3) is 0.574. The van der Waals surface area contributed by atoms with Crippen LogP contribution in [0.2, 0.25) is 0 Å². The van der Waals surface area contributed by atoms with Gasteiger partial charge in [-0.25, -0.2) is 9.36 Å². The Morgan fingerprint density at radius 1 is 0.826 bits per heavy atom. The van der Waals surface area contributed by atoms with E-state index in [0.717, 1.165) is 25.0 Å². The van der Waals surface area contributed by atoms with Gasteiger partial charge < -0.3 is 56.1 Å². The van der Waals surface area contributed by atoms with Gasteiger partial charge in [0.05, 0.1) is 18.5 Å². The summed E-state index contributed by atoms with van der Waals surface area (Å²) >= 11 is 1.85. The van der Waals surface area contributed by atoms with Gasteiger partial charge in [-0.05, 0) is 75.1 Å². The summed E-state index contributed by atoms with van der Waals surface area (Å²) in [6.45, 7) is 4.08. The maximum absolute atomic E-state index is 14.6. The van der Waals surface area contributed by atoms with Crippen LogP contribution in [0, 0.1) is 5.92 Å². The Hall–Kier alpha value is -5.82. The molecule has 0 aliphatic carbocycles. The maximum Gasteiger partial charge on any atom is 0.453 e. The Balaban J connectivity index is 1.13. The molecule has 69 heavy (non-hydrogen) atoms. The highest BCUT2D eigenvalue weighted by Gasteiger charge is 2.46. The van der Waals surface area contributed by atoms with Gasteiger partial charge in [-0.2, -0.15) is 11.8 Å². The van der Waals surface area contributed by atoms with Crippen molar-refractivity contribution in [1.82, 2.24) is 36.8 Å². The van der Waals surface area contributed by atoms with Crippen molar-refractivity contribution in [2.45, 2.75) is 145 Å². The van der Waals surface area contributed by atoms with E-state index in [0.29, 0.717) is 50.3 Å². The summed E-state index contributed by atoms with van der Waals surface area (Å²) in [5.41, 5.74) is 0. The van der Waals surface area contributed by atoms with Crippen molar-refractivity contribution in [1.29, 1.82) is 0 Å². The zero-order valence-corrected chi connectivity index (χ0v) is 40.8. The van der Waals surface area contributed by atoms with Crippen molar-refractivity contribution >= 4 is 66.9 Å². The van der Waals surface area contributed by atoms with Crippen LogP contribution in [-0.2, 0) is 38.1 Å². The highest BCUT2D eigenvalue weighted by atomic mass is 32.2. The fourth-order valence-corrected chi connectivity index (χ4v) is 11.8. The van der Waals surface area contributed by atoms with Crippen molar-refractivity contribution in [2.75, 3.05) is 18.8 Å². The van der Waals surface area contributed by atoms with Crippen molar-refractivity contribution < 1.29 is 62.2 Å². The first-order valence-corrected chi connectivity index (χ1v) is 26.4. The molecule has 3 saturated heterocycles. The molecule has 3 aliphatic heterocycles. The predicted octanol–water partition coefficient (Wildman–Crippen LogP) is 4.53. The van der Waals surface area contributed by atoms with Crippen LogP contribution in [0.1, 0.15) is 104 Å². The van der Waals surface area contributed by atoms with Crippen LogP contribution in [0.25, 0.3) is 0 Å². The quantitative estimate of drug-likeness (QED) is 0.0316. The summed E-state index contributed by atoms with van der Waals surface area (Å²) in [5, 5.41) is 36.6. The molecule has 378 valence electrons. The van der Waals surface area contributed by atoms with E-state index < -0.39 is 85.8 Å². The van der Waals surface area contributed by atoms with Gasteiger partial charge in [0.1, 0.15) is 29.6 Å².